The molecule has 1 atom stereocenters. The lowest BCUT2D eigenvalue weighted by Gasteiger charge is -2.35. The predicted molar refractivity (Wildman–Crippen MR) is 70.9 cm³/mol. The van der Waals surface area contributed by atoms with Crippen LogP contribution >= 0.6 is 0 Å². The molecular formula is C14H26N2O2. The van der Waals surface area contributed by atoms with Gasteiger partial charge in [0, 0.05) is 19.0 Å². The number of carbonyl (C=O) groups is 1. The third kappa shape index (κ3) is 3.95. The molecule has 2 rings (SSSR count). The summed E-state index contributed by atoms with van der Waals surface area (Å²) in [7, 11) is 0. The fourth-order valence-corrected chi connectivity index (χ4v) is 2.72. The lowest BCUT2D eigenvalue weighted by molar-refractivity contribution is -0.123. The normalized spacial score (nSPS) is 34.1. The maximum atomic E-state index is 11.7. The van der Waals surface area contributed by atoms with Crippen LogP contribution in [-0.4, -0.2) is 29.2 Å². The summed E-state index contributed by atoms with van der Waals surface area (Å²) < 4.78 is 0. The van der Waals surface area contributed by atoms with Crippen molar-refractivity contribution in [3.63, 3.8) is 0 Å². The Balaban J connectivity index is 1.68. The van der Waals surface area contributed by atoms with Crippen molar-refractivity contribution in [3.05, 3.63) is 0 Å². The van der Waals surface area contributed by atoms with Crippen LogP contribution in [0.15, 0.2) is 0 Å². The number of hydrogen-bond donors (Lipinski definition) is 3. The van der Waals surface area contributed by atoms with Crippen LogP contribution in [0.4, 0.5) is 0 Å². The lowest BCUT2D eigenvalue weighted by atomic mass is 9.79. The molecule has 2 saturated carbocycles. The van der Waals surface area contributed by atoms with E-state index in [4.69, 9.17) is 5.73 Å². The van der Waals surface area contributed by atoms with Gasteiger partial charge in [-0.15, -0.1) is 0 Å². The molecule has 2 aliphatic carbocycles. The summed E-state index contributed by atoms with van der Waals surface area (Å²) in [5.74, 6) is 1.24. The van der Waals surface area contributed by atoms with Gasteiger partial charge in [-0.1, -0.05) is 6.92 Å². The Bertz CT molecular complexity index is 294. The van der Waals surface area contributed by atoms with Crippen molar-refractivity contribution in [1.82, 2.24) is 5.32 Å². The summed E-state index contributed by atoms with van der Waals surface area (Å²) in [5, 5.41) is 13.2. The maximum absolute atomic E-state index is 11.7. The van der Waals surface area contributed by atoms with Gasteiger partial charge < -0.3 is 16.2 Å². The first-order chi connectivity index (χ1) is 8.48. The van der Waals surface area contributed by atoms with Gasteiger partial charge in [-0.25, -0.2) is 0 Å². The molecular weight excluding hydrogens is 228 g/mol. The summed E-state index contributed by atoms with van der Waals surface area (Å²) in [5.41, 5.74) is 5.23. The second kappa shape index (κ2) is 5.57. The topological polar surface area (TPSA) is 75.3 Å². The van der Waals surface area contributed by atoms with Crippen LogP contribution < -0.4 is 11.1 Å². The van der Waals surface area contributed by atoms with E-state index < -0.39 is 5.60 Å². The molecule has 4 heteroatoms. The Labute approximate surface area is 109 Å². The van der Waals surface area contributed by atoms with Gasteiger partial charge >= 0.3 is 0 Å². The fraction of sp³-hybridized carbons (Fsp3) is 0.929. The molecule has 0 bridgehead atoms. The van der Waals surface area contributed by atoms with Gasteiger partial charge in [-0.2, -0.15) is 0 Å². The van der Waals surface area contributed by atoms with E-state index in [1.807, 2.05) is 0 Å². The largest absolute Gasteiger partial charge is 0.388 e. The molecule has 2 fully saturated rings. The SMILES string of the molecule is CC1CCC(O)(CNC(=O)CC(N)C2CC2)CC1. The van der Waals surface area contributed by atoms with Crippen molar-refractivity contribution in [3.8, 4) is 0 Å². The molecule has 0 aromatic rings. The van der Waals surface area contributed by atoms with Crippen molar-refractivity contribution in [2.45, 2.75) is 63.5 Å². The van der Waals surface area contributed by atoms with Crippen molar-refractivity contribution in [2.24, 2.45) is 17.6 Å². The number of hydrogen-bond acceptors (Lipinski definition) is 3. The van der Waals surface area contributed by atoms with E-state index >= 15 is 0 Å². The first-order valence-corrected chi connectivity index (χ1v) is 7.23. The average Bonchev–Trinajstić information content (AvgIpc) is 3.15. The lowest BCUT2D eigenvalue weighted by Crippen LogP contribution is -2.46. The molecule has 0 radical (unpaired) electrons. The van der Waals surface area contributed by atoms with Gasteiger partial charge in [0.2, 0.25) is 5.91 Å². The monoisotopic (exact) mass is 254 g/mol. The zero-order chi connectivity index (χ0) is 13.2. The van der Waals surface area contributed by atoms with Gasteiger partial charge in [0.05, 0.1) is 5.60 Å². The van der Waals surface area contributed by atoms with Crippen LogP contribution in [0.2, 0.25) is 0 Å². The van der Waals surface area contributed by atoms with E-state index in [0.717, 1.165) is 38.5 Å². The molecule has 0 aromatic heterocycles. The third-order valence-electron chi connectivity index (χ3n) is 4.47. The molecule has 0 heterocycles. The van der Waals surface area contributed by atoms with E-state index in [1.165, 1.54) is 0 Å². The number of rotatable bonds is 5. The number of nitrogens with one attached hydrogen (secondary N) is 1. The highest BCUT2D eigenvalue weighted by Gasteiger charge is 2.33. The van der Waals surface area contributed by atoms with Crippen molar-refractivity contribution in [1.29, 1.82) is 0 Å². The minimum Gasteiger partial charge on any atom is -0.388 e. The van der Waals surface area contributed by atoms with Crippen molar-refractivity contribution < 1.29 is 9.90 Å². The van der Waals surface area contributed by atoms with Crippen molar-refractivity contribution in [2.75, 3.05) is 6.54 Å². The Morgan fingerprint density at radius 1 is 1.39 bits per heavy atom. The van der Waals surface area contributed by atoms with Gasteiger partial charge in [-0.05, 0) is 50.4 Å². The van der Waals surface area contributed by atoms with Crippen LogP contribution in [0.5, 0.6) is 0 Å². The van der Waals surface area contributed by atoms with Crippen LogP contribution in [0, 0.1) is 11.8 Å². The first kappa shape index (κ1) is 13.8. The molecule has 18 heavy (non-hydrogen) atoms. The Kier molecular flexibility index (Phi) is 4.28. The Hall–Kier alpha value is -0.610. The molecule has 4 N–H and O–H groups in total. The highest BCUT2D eigenvalue weighted by Crippen LogP contribution is 2.33. The standard InChI is InChI=1S/C14H26N2O2/c1-10-4-6-14(18,7-5-10)9-16-13(17)8-12(15)11-2-3-11/h10-12,18H,2-9,15H2,1H3,(H,16,17). The maximum Gasteiger partial charge on any atom is 0.221 e. The molecule has 1 amide bonds. The third-order valence-corrected chi connectivity index (χ3v) is 4.47. The molecule has 1 unspecified atom stereocenters. The van der Waals surface area contributed by atoms with E-state index in [1.54, 1.807) is 0 Å². The average molecular weight is 254 g/mol. The van der Waals surface area contributed by atoms with E-state index in [0.29, 0.717) is 24.8 Å². The van der Waals surface area contributed by atoms with E-state index in [-0.39, 0.29) is 11.9 Å². The summed E-state index contributed by atoms with van der Waals surface area (Å²) in [6.07, 6.45) is 6.41. The number of amides is 1. The first-order valence-electron chi connectivity index (χ1n) is 7.23. The van der Waals surface area contributed by atoms with Gasteiger partial charge in [-0.3, -0.25) is 4.79 Å². The molecule has 0 aliphatic heterocycles. The second-order valence-electron chi connectivity index (χ2n) is 6.39. The highest BCUT2D eigenvalue weighted by atomic mass is 16.3. The number of nitrogens with two attached hydrogens (primary N) is 1. The molecule has 2 aliphatic rings. The number of aliphatic hydroxyl groups is 1. The Morgan fingerprint density at radius 2 is 2.00 bits per heavy atom. The molecule has 4 nitrogen and oxygen atoms in total. The summed E-state index contributed by atoms with van der Waals surface area (Å²) in [4.78, 5) is 11.7. The zero-order valence-electron chi connectivity index (χ0n) is 11.3. The molecule has 0 saturated heterocycles. The van der Waals surface area contributed by atoms with Gasteiger partial charge in [0.25, 0.3) is 0 Å². The Morgan fingerprint density at radius 3 is 2.56 bits per heavy atom. The summed E-state index contributed by atoms with van der Waals surface area (Å²) >= 11 is 0. The van der Waals surface area contributed by atoms with Gasteiger partial charge in [0.15, 0.2) is 0 Å². The van der Waals surface area contributed by atoms with E-state index in [9.17, 15) is 9.90 Å². The minimum absolute atomic E-state index is 0.00557. The second-order valence-corrected chi connectivity index (χ2v) is 6.39. The van der Waals surface area contributed by atoms with Gasteiger partial charge in [0.1, 0.15) is 0 Å². The highest BCUT2D eigenvalue weighted by molar-refractivity contribution is 5.76. The van der Waals surface area contributed by atoms with Crippen LogP contribution in [-0.2, 0) is 4.79 Å². The van der Waals surface area contributed by atoms with Crippen LogP contribution in [0.3, 0.4) is 0 Å². The van der Waals surface area contributed by atoms with Crippen molar-refractivity contribution >= 4 is 5.91 Å². The van der Waals surface area contributed by atoms with E-state index in [2.05, 4.69) is 12.2 Å². The fourth-order valence-electron chi connectivity index (χ4n) is 2.72. The molecule has 0 spiro atoms. The molecule has 104 valence electrons. The van der Waals surface area contributed by atoms with Crippen LogP contribution in [0.1, 0.15) is 51.9 Å². The molecule has 0 aromatic carbocycles. The van der Waals surface area contributed by atoms with Crippen LogP contribution in [0.25, 0.3) is 0 Å². The minimum atomic E-state index is -0.689. The zero-order valence-corrected chi connectivity index (χ0v) is 11.3. The summed E-state index contributed by atoms with van der Waals surface area (Å²) in [6, 6.07) is 0.00557. The number of carbonyl (C=O) groups excluding carboxylic acids is 1. The quantitative estimate of drug-likeness (QED) is 0.689. The predicted octanol–water partition coefficient (Wildman–Crippen LogP) is 1.17. The summed E-state index contributed by atoms with van der Waals surface area (Å²) in [6.45, 7) is 2.60. The smallest absolute Gasteiger partial charge is 0.221 e.